The number of hydrogen-bond donors (Lipinski definition) is 4. The van der Waals surface area contributed by atoms with Crippen molar-refractivity contribution in [2.75, 3.05) is 20.1 Å². The molecule has 1 aromatic heterocycles. The maximum Gasteiger partial charge on any atom is 0.271 e. The van der Waals surface area contributed by atoms with Crippen LogP contribution < -0.4 is 16.0 Å². The van der Waals surface area contributed by atoms with E-state index in [0.29, 0.717) is 12.2 Å². The van der Waals surface area contributed by atoms with E-state index in [2.05, 4.69) is 39.8 Å². The first-order valence-electron chi connectivity index (χ1n) is 8.26. The van der Waals surface area contributed by atoms with Gasteiger partial charge in [0.2, 0.25) is 5.91 Å². The second kappa shape index (κ2) is 10.8. The summed E-state index contributed by atoms with van der Waals surface area (Å²) in [7, 11) is 1.52. The number of carbonyl (C=O) groups excluding carboxylic acids is 2. The maximum atomic E-state index is 11.8. The van der Waals surface area contributed by atoms with Crippen LogP contribution >= 0.6 is 0 Å². The smallest absolute Gasteiger partial charge is 0.271 e. The minimum Gasteiger partial charge on any atom is -0.358 e. The summed E-state index contributed by atoms with van der Waals surface area (Å²) in [6.45, 7) is 5.99. The van der Waals surface area contributed by atoms with Gasteiger partial charge in [-0.1, -0.05) is 33.1 Å². The minimum absolute atomic E-state index is 0.0495. The molecule has 0 aliphatic carbocycles. The largest absolute Gasteiger partial charge is 0.358 e. The molecule has 1 rings (SSSR count). The average Bonchev–Trinajstić information content (AvgIpc) is 3.00. The molecular formula is C16H29N5O2. The lowest BCUT2D eigenvalue weighted by atomic mass is 10.1. The van der Waals surface area contributed by atoms with Crippen molar-refractivity contribution in [1.82, 2.24) is 25.9 Å². The number of aromatic amines is 1. The zero-order chi connectivity index (χ0) is 17.1. The van der Waals surface area contributed by atoms with Crippen LogP contribution in [0.2, 0.25) is 0 Å². The van der Waals surface area contributed by atoms with Crippen LogP contribution in [0.25, 0.3) is 0 Å². The highest BCUT2D eigenvalue weighted by Gasteiger charge is 2.10. The van der Waals surface area contributed by atoms with Crippen LogP contribution in [0, 0.1) is 5.92 Å². The molecule has 0 atom stereocenters. The fraction of sp³-hybridized carbons (Fsp3) is 0.688. The molecule has 0 aromatic carbocycles. The highest BCUT2D eigenvalue weighted by Crippen LogP contribution is 2.07. The third-order valence-electron chi connectivity index (χ3n) is 3.48. The summed E-state index contributed by atoms with van der Waals surface area (Å²) in [6, 6.07) is 0. The number of likely N-dealkylation sites (N-methyl/N-ethyl adjacent to an activating group) is 1. The van der Waals surface area contributed by atoms with Gasteiger partial charge in [-0.15, -0.1) is 0 Å². The van der Waals surface area contributed by atoms with Gasteiger partial charge in [-0.05, 0) is 18.9 Å². The zero-order valence-corrected chi connectivity index (χ0v) is 14.4. The zero-order valence-electron chi connectivity index (χ0n) is 14.4. The lowest BCUT2D eigenvalue weighted by Gasteiger charge is -2.05. The van der Waals surface area contributed by atoms with Crippen LogP contribution in [0.1, 0.15) is 55.8 Å². The van der Waals surface area contributed by atoms with Crippen molar-refractivity contribution in [3.63, 3.8) is 0 Å². The van der Waals surface area contributed by atoms with Crippen LogP contribution in [-0.4, -0.2) is 41.9 Å². The summed E-state index contributed by atoms with van der Waals surface area (Å²) in [6.07, 6.45) is 6.49. The Morgan fingerprint density at radius 2 is 2.04 bits per heavy atom. The normalized spacial score (nSPS) is 10.8. The highest BCUT2D eigenvalue weighted by atomic mass is 16.2. The molecule has 7 heteroatoms. The molecule has 0 aliphatic rings. The monoisotopic (exact) mass is 323 g/mol. The first-order chi connectivity index (χ1) is 11.0. The number of aromatic nitrogens is 2. The Bertz CT molecular complexity index is 485. The molecule has 0 unspecified atom stereocenters. The highest BCUT2D eigenvalue weighted by molar-refractivity contribution is 5.94. The maximum absolute atomic E-state index is 11.8. The van der Waals surface area contributed by atoms with Crippen molar-refractivity contribution < 1.29 is 9.59 Å². The van der Waals surface area contributed by atoms with Crippen LogP contribution in [0.5, 0.6) is 0 Å². The molecular weight excluding hydrogens is 294 g/mol. The molecule has 0 radical (unpaired) electrons. The summed E-state index contributed by atoms with van der Waals surface area (Å²) in [5, 5.41) is 8.26. The van der Waals surface area contributed by atoms with E-state index >= 15 is 0 Å². The van der Waals surface area contributed by atoms with Crippen LogP contribution in [-0.2, 0) is 11.3 Å². The summed E-state index contributed by atoms with van der Waals surface area (Å²) in [5.74, 6) is 0.898. The summed E-state index contributed by atoms with van der Waals surface area (Å²) >= 11 is 0. The molecule has 130 valence electrons. The van der Waals surface area contributed by atoms with E-state index < -0.39 is 0 Å². The van der Waals surface area contributed by atoms with Crippen LogP contribution in [0.15, 0.2) is 6.20 Å². The Labute approximate surface area is 138 Å². The average molecular weight is 323 g/mol. The molecule has 4 N–H and O–H groups in total. The van der Waals surface area contributed by atoms with Gasteiger partial charge in [0, 0.05) is 13.2 Å². The van der Waals surface area contributed by atoms with Gasteiger partial charge in [-0.3, -0.25) is 9.59 Å². The van der Waals surface area contributed by atoms with E-state index in [1.807, 2.05) is 0 Å². The van der Waals surface area contributed by atoms with Gasteiger partial charge < -0.3 is 20.9 Å². The van der Waals surface area contributed by atoms with E-state index in [1.54, 1.807) is 6.20 Å². The van der Waals surface area contributed by atoms with Gasteiger partial charge >= 0.3 is 0 Å². The Morgan fingerprint density at radius 1 is 1.26 bits per heavy atom. The van der Waals surface area contributed by atoms with E-state index in [1.165, 1.54) is 26.3 Å². The van der Waals surface area contributed by atoms with Crippen molar-refractivity contribution >= 4 is 11.8 Å². The SMILES string of the molecule is CNC(=O)CNC(=O)c1c[nH]c(CNCCCCCC(C)C)n1. The lowest BCUT2D eigenvalue weighted by molar-refractivity contribution is -0.119. The number of amides is 2. The number of imidazole rings is 1. The van der Waals surface area contributed by atoms with Gasteiger partial charge in [-0.2, -0.15) is 0 Å². The summed E-state index contributed by atoms with van der Waals surface area (Å²) in [5.41, 5.74) is 0.294. The second-order valence-electron chi connectivity index (χ2n) is 6.01. The van der Waals surface area contributed by atoms with Gasteiger partial charge in [0.05, 0.1) is 13.1 Å². The van der Waals surface area contributed by atoms with Crippen LogP contribution in [0.3, 0.4) is 0 Å². The first-order valence-corrected chi connectivity index (χ1v) is 8.26. The molecule has 0 aliphatic heterocycles. The molecule has 1 aromatic rings. The predicted octanol–water partition coefficient (Wildman–Crippen LogP) is 1.19. The molecule has 0 saturated carbocycles. The fourth-order valence-electron chi connectivity index (χ4n) is 2.09. The number of rotatable bonds is 11. The van der Waals surface area contributed by atoms with E-state index in [4.69, 9.17) is 0 Å². The van der Waals surface area contributed by atoms with Crippen molar-refractivity contribution in [2.24, 2.45) is 5.92 Å². The van der Waals surface area contributed by atoms with E-state index in [0.717, 1.165) is 24.7 Å². The lowest BCUT2D eigenvalue weighted by Crippen LogP contribution is -2.35. The van der Waals surface area contributed by atoms with Gasteiger partial charge in [0.15, 0.2) is 0 Å². The number of carbonyl (C=O) groups is 2. The Hall–Kier alpha value is -1.89. The summed E-state index contributed by atoms with van der Waals surface area (Å²) in [4.78, 5) is 30.0. The standard InChI is InChI=1S/C16H29N5O2/c1-12(2)7-5-4-6-8-18-10-14-19-9-13(21-14)16(23)20-11-15(22)17-3/h9,12,18H,4-8,10-11H2,1-3H3,(H,17,22)(H,19,21)(H,20,23). The third-order valence-corrected chi connectivity index (χ3v) is 3.48. The molecule has 0 saturated heterocycles. The third kappa shape index (κ3) is 8.35. The number of unbranched alkanes of at least 4 members (excludes halogenated alkanes) is 2. The molecule has 0 spiro atoms. The number of nitrogens with one attached hydrogen (secondary N) is 4. The minimum atomic E-state index is -0.357. The molecule has 1 heterocycles. The Kier molecular flexibility index (Phi) is 8.97. The fourth-order valence-corrected chi connectivity index (χ4v) is 2.09. The van der Waals surface area contributed by atoms with Crippen molar-refractivity contribution in [3.05, 3.63) is 17.7 Å². The van der Waals surface area contributed by atoms with Gasteiger partial charge in [0.1, 0.15) is 11.5 Å². The molecule has 2 amide bonds. The van der Waals surface area contributed by atoms with Crippen molar-refractivity contribution in [1.29, 1.82) is 0 Å². The number of nitrogens with zero attached hydrogens (tertiary/aromatic N) is 1. The van der Waals surface area contributed by atoms with Crippen molar-refractivity contribution in [3.8, 4) is 0 Å². The second-order valence-corrected chi connectivity index (χ2v) is 6.01. The van der Waals surface area contributed by atoms with Gasteiger partial charge in [0.25, 0.3) is 5.91 Å². The summed E-state index contributed by atoms with van der Waals surface area (Å²) < 4.78 is 0. The van der Waals surface area contributed by atoms with Crippen molar-refractivity contribution in [2.45, 2.75) is 46.1 Å². The molecule has 0 bridgehead atoms. The number of H-pyrrole nitrogens is 1. The molecule has 0 fully saturated rings. The van der Waals surface area contributed by atoms with Gasteiger partial charge in [-0.25, -0.2) is 4.98 Å². The van der Waals surface area contributed by atoms with E-state index in [9.17, 15) is 9.59 Å². The molecule has 23 heavy (non-hydrogen) atoms. The topological polar surface area (TPSA) is 98.9 Å². The molecule has 7 nitrogen and oxygen atoms in total. The van der Waals surface area contributed by atoms with E-state index in [-0.39, 0.29) is 18.4 Å². The quantitative estimate of drug-likeness (QED) is 0.460. The van der Waals surface area contributed by atoms with Crippen LogP contribution in [0.4, 0.5) is 0 Å². The Balaban J connectivity index is 2.18. The first kappa shape index (κ1) is 19.2. The predicted molar refractivity (Wildman–Crippen MR) is 90.0 cm³/mol. The Morgan fingerprint density at radius 3 is 2.74 bits per heavy atom. The number of hydrogen-bond acceptors (Lipinski definition) is 4.